The van der Waals surface area contributed by atoms with E-state index in [9.17, 15) is 5.11 Å². The molecule has 3 atom stereocenters. The molecule has 0 saturated heterocycles. The summed E-state index contributed by atoms with van der Waals surface area (Å²) < 4.78 is 6.06. The van der Waals surface area contributed by atoms with Gasteiger partial charge in [0.05, 0.1) is 0 Å². The van der Waals surface area contributed by atoms with E-state index in [0.29, 0.717) is 0 Å². The average Bonchev–Trinajstić information content (AvgIpc) is 2.63. The van der Waals surface area contributed by atoms with Gasteiger partial charge in [0.25, 0.3) is 0 Å². The van der Waals surface area contributed by atoms with E-state index in [1.807, 2.05) is 54.9 Å². The minimum Gasteiger partial charge on any atom is -0.488 e. The fraction of sp³-hybridized carbons (Fsp3) is 0.450. The van der Waals surface area contributed by atoms with Gasteiger partial charge in [0.15, 0.2) is 0 Å². The number of aliphatic hydroxyl groups excluding tert-OH is 1. The van der Waals surface area contributed by atoms with Crippen molar-refractivity contribution in [3.63, 3.8) is 0 Å². The topological polar surface area (TPSA) is 45.6 Å². The van der Waals surface area contributed by atoms with Crippen LogP contribution < -0.4 is 4.74 Å². The molecule has 1 N–H and O–H groups in total. The molecule has 1 aliphatic rings. The molecule has 1 aromatic carbocycles. The Labute approximate surface area is 144 Å². The van der Waals surface area contributed by atoms with Gasteiger partial charge < -0.3 is 9.84 Å². The van der Waals surface area contributed by atoms with Gasteiger partial charge in [-0.05, 0) is 55.6 Å². The Bertz CT molecular complexity index is 606. The third kappa shape index (κ3) is 4.13. The molecule has 0 amide bonds. The normalized spacial score (nSPS) is 24.0. The molecule has 0 spiro atoms. The van der Waals surface area contributed by atoms with Crippen LogP contribution in [0.2, 0.25) is 0 Å². The number of para-hydroxylation sites is 1. The lowest BCUT2D eigenvalue weighted by atomic mass is 9.88. The predicted molar refractivity (Wildman–Crippen MR) is 94.8 cm³/mol. The van der Waals surface area contributed by atoms with E-state index in [0.717, 1.165) is 38.1 Å². The molecule has 1 fully saturated rings. The Hall–Kier alpha value is -1.91. The van der Waals surface area contributed by atoms with Crippen molar-refractivity contribution >= 4 is 0 Å². The summed E-state index contributed by atoms with van der Waals surface area (Å²) in [4.78, 5) is 6.42. The molecule has 4 heteroatoms. The molecule has 0 bridgehead atoms. The molecule has 1 saturated carbocycles. The largest absolute Gasteiger partial charge is 0.488 e. The highest BCUT2D eigenvalue weighted by molar-refractivity contribution is 5.21. The lowest BCUT2D eigenvalue weighted by molar-refractivity contribution is -0.0546. The molecule has 2 aromatic rings. The molecule has 0 aliphatic heterocycles. The summed E-state index contributed by atoms with van der Waals surface area (Å²) in [5.41, 5.74) is 1.23. The van der Waals surface area contributed by atoms with Crippen molar-refractivity contribution in [2.75, 3.05) is 6.54 Å². The van der Waals surface area contributed by atoms with Crippen molar-refractivity contribution < 1.29 is 9.84 Å². The molecule has 4 nitrogen and oxygen atoms in total. The summed E-state index contributed by atoms with van der Waals surface area (Å²) in [6.45, 7) is 3.89. The average molecular weight is 326 g/mol. The van der Waals surface area contributed by atoms with Crippen LogP contribution in [0.3, 0.4) is 0 Å². The number of likely N-dealkylation sites (N-methyl/N-ethyl adjacent to an activating group) is 1. The molecule has 0 unspecified atom stereocenters. The van der Waals surface area contributed by atoms with Gasteiger partial charge in [-0.3, -0.25) is 9.88 Å². The lowest BCUT2D eigenvalue weighted by Crippen LogP contribution is -2.52. The zero-order chi connectivity index (χ0) is 16.8. The smallest absolute Gasteiger partial charge is 0.126 e. The molecule has 1 heterocycles. The second-order valence-electron chi connectivity index (χ2n) is 6.38. The van der Waals surface area contributed by atoms with E-state index in [1.54, 1.807) is 0 Å². The zero-order valence-electron chi connectivity index (χ0n) is 14.2. The summed E-state index contributed by atoms with van der Waals surface area (Å²) in [5, 5.41) is 10.9. The monoisotopic (exact) mass is 326 g/mol. The molecular formula is C20H26N2O2. The van der Waals surface area contributed by atoms with Crippen molar-refractivity contribution in [1.82, 2.24) is 9.88 Å². The number of aliphatic hydroxyl groups is 1. The number of hydrogen-bond acceptors (Lipinski definition) is 4. The van der Waals surface area contributed by atoms with E-state index < -0.39 is 6.10 Å². The summed E-state index contributed by atoms with van der Waals surface area (Å²) in [6, 6.07) is 14.0. The molecule has 0 radical (unpaired) electrons. The van der Waals surface area contributed by atoms with Crippen LogP contribution in [-0.4, -0.2) is 39.8 Å². The van der Waals surface area contributed by atoms with Crippen LogP contribution >= 0.6 is 0 Å². The minimum absolute atomic E-state index is 0.130. The Morgan fingerprint density at radius 2 is 1.88 bits per heavy atom. The van der Waals surface area contributed by atoms with E-state index in [4.69, 9.17) is 4.74 Å². The van der Waals surface area contributed by atoms with Gasteiger partial charge in [-0.2, -0.15) is 0 Å². The van der Waals surface area contributed by atoms with Gasteiger partial charge in [-0.25, -0.2) is 0 Å². The van der Waals surface area contributed by atoms with Crippen molar-refractivity contribution in [1.29, 1.82) is 0 Å². The van der Waals surface area contributed by atoms with E-state index in [2.05, 4.69) is 16.8 Å². The third-order valence-corrected chi connectivity index (χ3v) is 4.80. The van der Waals surface area contributed by atoms with Gasteiger partial charge in [0.2, 0.25) is 0 Å². The maximum atomic E-state index is 10.9. The van der Waals surface area contributed by atoms with E-state index in [1.165, 1.54) is 5.56 Å². The first-order valence-corrected chi connectivity index (χ1v) is 8.80. The van der Waals surface area contributed by atoms with Crippen LogP contribution in [0.15, 0.2) is 54.9 Å². The first-order valence-electron chi connectivity index (χ1n) is 8.80. The van der Waals surface area contributed by atoms with Crippen molar-refractivity contribution in [3.05, 3.63) is 60.4 Å². The van der Waals surface area contributed by atoms with Crippen LogP contribution in [0.4, 0.5) is 0 Å². The van der Waals surface area contributed by atoms with Crippen molar-refractivity contribution in [2.45, 2.75) is 51.0 Å². The van der Waals surface area contributed by atoms with Crippen molar-refractivity contribution in [3.8, 4) is 5.75 Å². The van der Waals surface area contributed by atoms with E-state index >= 15 is 0 Å². The molecule has 3 rings (SSSR count). The number of pyridine rings is 1. The molecule has 128 valence electrons. The van der Waals surface area contributed by atoms with Crippen LogP contribution in [0.5, 0.6) is 5.75 Å². The predicted octanol–water partition coefficient (Wildman–Crippen LogP) is 3.26. The van der Waals surface area contributed by atoms with Gasteiger partial charge in [0.1, 0.15) is 18.0 Å². The highest BCUT2D eigenvalue weighted by Gasteiger charge is 2.36. The fourth-order valence-corrected chi connectivity index (χ4v) is 3.50. The summed E-state index contributed by atoms with van der Waals surface area (Å²) in [5.74, 6) is 0.833. The molecule has 24 heavy (non-hydrogen) atoms. The van der Waals surface area contributed by atoms with Crippen molar-refractivity contribution in [2.24, 2.45) is 0 Å². The van der Waals surface area contributed by atoms with Crippen LogP contribution in [-0.2, 0) is 6.54 Å². The maximum absolute atomic E-state index is 10.9. The maximum Gasteiger partial charge on any atom is 0.126 e. The first-order chi connectivity index (χ1) is 11.8. The van der Waals surface area contributed by atoms with Gasteiger partial charge in [-0.1, -0.05) is 25.1 Å². The fourth-order valence-electron chi connectivity index (χ4n) is 3.50. The summed E-state index contributed by atoms with van der Waals surface area (Å²) >= 11 is 0. The second-order valence-corrected chi connectivity index (χ2v) is 6.38. The second kappa shape index (κ2) is 8.27. The zero-order valence-corrected chi connectivity index (χ0v) is 14.2. The SMILES string of the molecule is CCN(Cc1ccncc1)[C@H]1CCC[C@@H](Oc2ccccc2)[C@@H]1O. The number of ether oxygens (including phenoxy) is 1. The molecule has 1 aromatic heterocycles. The van der Waals surface area contributed by atoms with Gasteiger partial charge in [-0.15, -0.1) is 0 Å². The van der Waals surface area contributed by atoms with Crippen LogP contribution in [0.1, 0.15) is 31.7 Å². The minimum atomic E-state index is -0.472. The number of rotatable bonds is 6. The number of aromatic nitrogens is 1. The summed E-state index contributed by atoms with van der Waals surface area (Å²) in [6.07, 6.45) is 6.02. The Balaban J connectivity index is 1.67. The highest BCUT2D eigenvalue weighted by Crippen LogP contribution is 2.28. The summed E-state index contributed by atoms with van der Waals surface area (Å²) in [7, 11) is 0. The lowest BCUT2D eigenvalue weighted by Gasteiger charge is -2.41. The first kappa shape index (κ1) is 16.9. The number of hydrogen-bond donors (Lipinski definition) is 1. The quantitative estimate of drug-likeness (QED) is 0.885. The Morgan fingerprint density at radius 1 is 1.12 bits per heavy atom. The highest BCUT2D eigenvalue weighted by atomic mass is 16.5. The van der Waals surface area contributed by atoms with Crippen LogP contribution in [0.25, 0.3) is 0 Å². The Kier molecular flexibility index (Phi) is 5.83. The Morgan fingerprint density at radius 3 is 2.58 bits per heavy atom. The van der Waals surface area contributed by atoms with E-state index in [-0.39, 0.29) is 12.1 Å². The molecular weight excluding hydrogens is 300 g/mol. The van der Waals surface area contributed by atoms with Crippen LogP contribution in [0, 0.1) is 0 Å². The number of benzene rings is 1. The standard InChI is InChI=1S/C20H26N2O2/c1-2-22(15-16-11-13-21-14-12-16)18-9-6-10-19(20(18)23)24-17-7-4-3-5-8-17/h3-5,7-8,11-14,18-20,23H,2,6,9-10,15H2,1H3/t18-,19+,20+/m0/s1. The van der Waals surface area contributed by atoms with Gasteiger partial charge >= 0.3 is 0 Å². The number of nitrogens with zero attached hydrogens (tertiary/aromatic N) is 2. The third-order valence-electron chi connectivity index (χ3n) is 4.80. The molecule has 1 aliphatic carbocycles. The van der Waals surface area contributed by atoms with Gasteiger partial charge in [0, 0.05) is 25.0 Å².